The van der Waals surface area contributed by atoms with Crippen LogP contribution in [-0.4, -0.2) is 38.5 Å². The number of amides is 2. The molecule has 1 N–H and O–H groups in total. The molecule has 1 saturated heterocycles. The largest absolute Gasteiger partial charge is 0.453 e. The fourth-order valence-electron chi connectivity index (χ4n) is 2.02. The van der Waals surface area contributed by atoms with Crippen LogP contribution in [-0.2, 0) is 15.9 Å². The summed E-state index contributed by atoms with van der Waals surface area (Å²) in [5.74, 6) is 0. The Bertz CT molecular complexity index is 486. The number of hydrogen-bond donors (Lipinski definition) is 1. The highest BCUT2D eigenvalue weighted by Gasteiger charge is 2.32. The van der Waals surface area contributed by atoms with Gasteiger partial charge in [0.2, 0.25) is 0 Å². The molecule has 1 fully saturated rings. The van der Waals surface area contributed by atoms with Crippen LogP contribution in [0.3, 0.4) is 0 Å². The van der Waals surface area contributed by atoms with Crippen molar-refractivity contribution in [1.82, 2.24) is 5.32 Å². The Morgan fingerprint density at radius 2 is 2.15 bits per heavy atom. The van der Waals surface area contributed by atoms with Crippen LogP contribution in [0.2, 0.25) is 0 Å². The lowest BCUT2D eigenvalue weighted by Gasteiger charge is -2.13. The third-order valence-corrected chi connectivity index (χ3v) is 3.19. The van der Waals surface area contributed by atoms with E-state index < -0.39 is 12.2 Å². The van der Waals surface area contributed by atoms with E-state index in [1.807, 2.05) is 24.3 Å². The first-order chi connectivity index (χ1) is 9.63. The number of benzene rings is 1. The Morgan fingerprint density at radius 1 is 1.45 bits per heavy atom. The lowest BCUT2D eigenvalue weighted by atomic mass is 10.1. The number of carbonyl (C=O) groups excluding carboxylic acids is 2. The number of nitrogens with zero attached hydrogens (tertiary/aromatic N) is 1. The minimum Gasteiger partial charge on any atom is -0.453 e. The molecule has 1 aliphatic heterocycles. The van der Waals surface area contributed by atoms with Crippen LogP contribution in [0.25, 0.3) is 0 Å². The molecule has 0 spiro atoms. The van der Waals surface area contributed by atoms with Crippen LogP contribution in [0.15, 0.2) is 24.3 Å². The smallest absolute Gasteiger partial charge is 0.414 e. The predicted octanol–water partition coefficient (Wildman–Crippen LogP) is 1.93. The Hall–Kier alpha value is -2.24. The molecule has 0 bridgehead atoms. The molecule has 1 unspecified atom stereocenters. The molecule has 0 saturated carbocycles. The maximum Gasteiger partial charge on any atom is 0.414 e. The van der Waals surface area contributed by atoms with E-state index in [1.165, 1.54) is 12.7 Å². The standard InChI is InChI=1S/C14H18N2O4/c1-3-10-4-6-11(7-5-10)16-9-12(20-14(16)18)8-15-13(17)19-2/h4-7,12H,3,8-9H2,1-2H3,(H,15,17). The molecule has 20 heavy (non-hydrogen) atoms. The maximum atomic E-state index is 11.8. The van der Waals surface area contributed by atoms with Crippen LogP contribution >= 0.6 is 0 Å². The van der Waals surface area contributed by atoms with Gasteiger partial charge in [0.15, 0.2) is 0 Å². The molecule has 1 aromatic carbocycles. The van der Waals surface area contributed by atoms with Gasteiger partial charge in [0, 0.05) is 5.69 Å². The highest BCUT2D eigenvalue weighted by Crippen LogP contribution is 2.22. The van der Waals surface area contributed by atoms with Crippen molar-refractivity contribution in [3.63, 3.8) is 0 Å². The Morgan fingerprint density at radius 3 is 2.75 bits per heavy atom. The lowest BCUT2D eigenvalue weighted by Crippen LogP contribution is -2.34. The zero-order valence-corrected chi connectivity index (χ0v) is 11.6. The molecule has 1 heterocycles. The van der Waals surface area contributed by atoms with Crippen LogP contribution in [0, 0.1) is 0 Å². The van der Waals surface area contributed by atoms with Gasteiger partial charge >= 0.3 is 12.2 Å². The normalized spacial score (nSPS) is 17.8. The van der Waals surface area contributed by atoms with Crippen LogP contribution in [0.4, 0.5) is 15.3 Å². The van der Waals surface area contributed by atoms with E-state index in [0.717, 1.165) is 12.1 Å². The summed E-state index contributed by atoms with van der Waals surface area (Å²) in [7, 11) is 1.29. The zero-order valence-electron chi connectivity index (χ0n) is 11.6. The second-order valence-electron chi connectivity index (χ2n) is 4.51. The number of anilines is 1. The second-order valence-corrected chi connectivity index (χ2v) is 4.51. The first-order valence-corrected chi connectivity index (χ1v) is 6.53. The van der Waals surface area contributed by atoms with E-state index in [1.54, 1.807) is 4.90 Å². The number of hydrogen-bond acceptors (Lipinski definition) is 4. The number of carbonyl (C=O) groups is 2. The maximum absolute atomic E-state index is 11.8. The molecule has 6 nitrogen and oxygen atoms in total. The Labute approximate surface area is 117 Å². The van der Waals surface area contributed by atoms with Gasteiger partial charge in [0.25, 0.3) is 0 Å². The number of cyclic esters (lactones) is 1. The van der Waals surface area contributed by atoms with E-state index in [2.05, 4.69) is 17.0 Å². The number of alkyl carbamates (subject to hydrolysis) is 1. The van der Waals surface area contributed by atoms with Gasteiger partial charge in [-0.25, -0.2) is 9.59 Å². The zero-order chi connectivity index (χ0) is 14.5. The van der Waals surface area contributed by atoms with Gasteiger partial charge in [-0.1, -0.05) is 19.1 Å². The van der Waals surface area contributed by atoms with Crippen molar-refractivity contribution in [3.8, 4) is 0 Å². The minimum absolute atomic E-state index is 0.238. The van der Waals surface area contributed by atoms with Gasteiger partial charge in [-0.15, -0.1) is 0 Å². The van der Waals surface area contributed by atoms with Gasteiger partial charge < -0.3 is 14.8 Å². The van der Waals surface area contributed by atoms with Gasteiger partial charge in [0.05, 0.1) is 20.2 Å². The fourth-order valence-corrected chi connectivity index (χ4v) is 2.02. The second kappa shape index (κ2) is 6.27. The van der Waals surface area contributed by atoms with Crippen molar-refractivity contribution in [2.75, 3.05) is 25.1 Å². The van der Waals surface area contributed by atoms with Crippen molar-refractivity contribution in [1.29, 1.82) is 0 Å². The SMILES string of the molecule is CCc1ccc(N2CC(CNC(=O)OC)OC2=O)cc1. The van der Waals surface area contributed by atoms with E-state index >= 15 is 0 Å². The highest BCUT2D eigenvalue weighted by atomic mass is 16.6. The molecule has 2 amide bonds. The molecule has 0 radical (unpaired) electrons. The summed E-state index contributed by atoms with van der Waals surface area (Å²) < 4.78 is 9.67. The molecule has 2 rings (SSSR count). The molecule has 0 aliphatic carbocycles. The van der Waals surface area contributed by atoms with Crippen LogP contribution in [0.5, 0.6) is 0 Å². The summed E-state index contributed by atoms with van der Waals surface area (Å²) in [5, 5.41) is 2.52. The number of ether oxygens (including phenoxy) is 2. The Balaban J connectivity index is 1.96. The molecular weight excluding hydrogens is 260 g/mol. The fraction of sp³-hybridized carbons (Fsp3) is 0.429. The first-order valence-electron chi connectivity index (χ1n) is 6.53. The molecule has 6 heteroatoms. The molecule has 108 valence electrons. The molecular formula is C14H18N2O4. The van der Waals surface area contributed by atoms with Crippen molar-refractivity contribution in [3.05, 3.63) is 29.8 Å². The monoisotopic (exact) mass is 278 g/mol. The average molecular weight is 278 g/mol. The number of nitrogens with one attached hydrogen (secondary N) is 1. The quantitative estimate of drug-likeness (QED) is 0.913. The summed E-state index contributed by atoms with van der Waals surface area (Å²) in [6, 6.07) is 7.78. The summed E-state index contributed by atoms with van der Waals surface area (Å²) in [6.45, 7) is 2.73. The predicted molar refractivity (Wildman–Crippen MR) is 73.8 cm³/mol. The molecule has 1 atom stereocenters. The van der Waals surface area contributed by atoms with Crippen LogP contribution in [0.1, 0.15) is 12.5 Å². The van der Waals surface area contributed by atoms with Gasteiger partial charge in [-0.2, -0.15) is 0 Å². The third kappa shape index (κ3) is 3.20. The molecule has 1 aliphatic rings. The molecule has 0 aromatic heterocycles. The van der Waals surface area contributed by atoms with Gasteiger partial charge in [-0.05, 0) is 24.1 Å². The minimum atomic E-state index is -0.535. The summed E-state index contributed by atoms with van der Waals surface area (Å²) in [6.07, 6.45) is -0.346. The number of rotatable bonds is 4. The van der Waals surface area contributed by atoms with Crippen molar-refractivity contribution >= 4 is 17.9 Å². The van der Waals surface area contributed by atoms with E-state index in [4.69, 9.17) is 4.74 Å². The summed E-state index contributed by atoms with van der Waals surface area (Å²) in [5.41, 5.74) is 2.01. The number of methoxy groups -OCH3 is 1. The van der Waals surface area contributed by atoms with Crippen molar-refractivity contribution in [2.45, 2.75) is 19.4 Å². The lowest BCUT2D eigenvalue weighted by molar-refractivity contribution is 0.132. The summed E-state index contributed by atoms with van der Waals surface area (Å²) in [4.78, 5) is 24.4. The van der Waals surface area contributed by atoms with E-state index in [-0.39, 0.29) is 12.6 Å². The van der Waals surface area contributed by atoms with Gasteiger partial charge in [-0.3, -0.25) is 4.90 Å². The topological polar surface area (TPSA) is 67.9 Å². The van der Waals surface area contributed by atoms with E-state index in [9.17, 15) is 9.59 Å². The first kappa shape index (κ1) is 14.2. The van der Waals surface area contributed by atoms with Crippen molar-refractivity contribution < 1.29 is 19.1 Å². The number of aryl methyl sites for hydroxylation is 1. The average Bonchev–Trinajstić information content (AvgIpc) is 2.86. The molecule has 1 aromatic rings. The van der Waals surface area contributed by atoms with Crippen LogP contribution < -0.4 is 10.2 Å². The Kier molecular flexibility index (Phi) is 4.45. The van der Waals surface area contributed by atoms with E-state index in [0.29, 0.717) is 6.54 Å². The highest BCUT2D eigenvalue weighted by molar-refractivity contribution is 5.89. The van der Waals surface area contributed by atoms with Gasteiger partial charge in [0.1, 0.15) is 6.10 Å². The summed E-state index contributed by atoms with van der Waals surface area (Å²) >= 11 is 0. The van der Waals surface area contributed by atoms with Crippen molar-refractivity contribution in [2.24, 2.45) is 0 Å². The third-order valence-electron chi connectivity index (χ3n) is 3.19.